The molecule has 0 saturated carbocycles. The second-order valence-corrected chi connectivity index (χ2v) is 10.0. The van der Waals surface area contributed by atoms with Gasteiger partial charge in [0.2, 0.25) is 5.88 Å². The first-order valence-electron chi connectivity index (χ1n) is 10.2. The smallest absolute Gasteiger partial charge is 0.269 e. The molecule has 6 nitrogen and oxygen atoms in total. The molecule has 1 amide bonds. The number of likely N-dealkylation sites (N-methyl/N-ethyl adjacent to an activating group) is 1. The molecule has 0 N–H and O–H groups in total. The second-order valence-electron chi connectivity index (χ2n) is 8.37. The summed E-state index contributed by atoms with van der Waals surface area (Å²) in [5.41, 5.74) is 1.51. The highest BCUT2D eigenvalue weighted by atomic mass is 32.2. The third-order valence-electron chi connectivity index (χ3n) is 5.13. The maximum absolute atomic E-state index is 13.3. The quantitative estimate of drug-likeness (QED) is 0.399. The van der Waals surface area contributed by atoms with Crippen LogP contribution in [0.2, 0.25) is 0 Å². The molecule has 3 heterocycles. The normalized spacial score (nSPS) is 15.8. The predicted molar refractivity (Wildman–Crippen MR) is 132 cm³/mol. The maximum atomic E-state index is 13.3. The molecule has 0 spiro atoms. The Morgan fingerprint density at radius 3 is 2.47 bits per heavy atom. The van der Waals surface area contributed by atoms with Crippen molar-refractivity contribution in [3.8, 4) is 11.6 Å². The van der Waals surface area contributed by atoms with Crippen LogP contribution in [-0.4, -0.2) is 31.1 Å². The number of rotatable bonds is 4. The number of carbonyl (C=O) groups is 1. The Morgan fingerprint density at radius 2 is 1.84 bits per heavy atom. The Kier molecular flexibility index (Phi) is 5.92. The fraction of sp³-hybridized carbons (Fsp3) is 0.250. The number of hydrogen-bond donors (Lipinski definition) is 0. The van der Waals surface area contributed by atoms with Crippen molar-refractivity contribution in [1.82, 2.24) is 14.3 Å². The summed E-state index contributed by atoms with van der Waals surface area (Å²) < 4.78 is 7.96. The van der Waals surface area contributed by atoms with Crippen molar-refractivity contribution >= 4 is 45.9 Å². The Balaban J connectivity index is 1.82. The number of fused-ring (bicyclic) bond motifs is 1. The van der Waals surface area contributed by atoms with Gasteiger partial charge in [-0.3, -0.25) is 18.9 Å². The van der Waals surface area contributed by atoms with Crippen molar-refractivity contribution in [1.29, 1.82) is 0 Å². The van der Waals surface area contributed by atoms with E-state index < -0.39 is 0 Å². The molecule has 0 unspecified atom stereocenters. The van der Waals surface area contributed by atoms with E-state index in [4.69, 9.17) is 17.0 Å². The largest absolute Gasteiger partial charge is 0.438 e. The zero-order valence-electron chi connectivity index (χ0n) is 18.3. The molecule has 164 valence electrons. The van der Waals surface area contributed by atoms with Gasteiger partial charge in [0.05, 0.1) is 4.91 Å². The second kappa shape index (κ2) is 8.52. The van der Waals surface area contributed by atoms with E-state index in [1.807, 2.05) is 31.2 Å². The lowest BCUT2D eigenvalue weighted by Crippen LogP contribution is -2.27. The molecule has 4 rings (SSSR count). The van der Waals surface area contributed by atoms with Crippen molar-refractivity contribution < 1.29 is 9.53 Å². The molecule has 1 fully saturated rings. The van der Waals surface area contributed by atoms with Crippen LogP contribution in [0.4, 0.5) is 0 Å². The van der Waals surface area contributed by atoms with Crippen molar-refractivity contribution in [2.45, 2.75) is 33.1 Å². The molecule has 0 aliphatic carbocycles. The van der Waals surface area contributed by atoms with Crippen LogP contribution in [0.25, 0.3) is 11.7 Å². The van der Waals surface area contributed by atoms with Gasteiger partial charge in [0.1, 0.15) is 21.3 Å². The SMILES string of the molecule is CCN1C(=O)/C(=C/c2c(Oc3ccc(C(C)(C)C)cc3)nc3ccccn3c2=O)SC1=S. The molecule has 3 aromatic rings. The molecule has 0 bridgehead atoms. The average molecular weight is 466 g/mol. The van der Waals surface area contributed by atoms with E-state index in [-0.39, 0.29) is 28.3 Å². The fourth-order valence-corrected chi connectivity index (χ4v) is 4.69. The number of hydrogen-bond acceptors (Lipinski definition) is 6. The number of thioether (sulfide) groups is 1. The number of thiocarbonyl (C=S) groups is 1. The van der Waals surface area contributed by atoms with Crippen LogP contribution in [0, 0.1) is 0 Å². The summed E-state index contributed by atoms with van der Waals surface area (Å²) in [6.07, 6.45) is 3.17. The fourth-order valence-electron chi connectivity index (χ4n) is 3.32. The molecule has 1 saturated heterocycles. The topological polar surface area (TPSA) is 63.9 Å². The first kappa shape index (κ1) is 22.2. The summed E-state index contributed by atoms with van der Waals surface area (Å²) >= 11 is 6.47. The van der Waals surface area contributed by atoms with Gasteiger partial charge >= 0.3 is 0 Å². The molecule has 1 aromatic carbocycles. The van der Waals surface area contributed by atoms with Crippen molar-refractivity contribution in [2.75, 3.05) is 6.54 Å². The van der Waals surface area contributed by atoms with Gasteiger partial charge in [-0.2, -0.15) is 4.98 Å². The van der Waals surface area contributed by atoms with Crippen LogP contribution < -0.4 is 10.3 Å². The first-order valence-corrected chi connectivity index (χ1v) is 11.5. The summed E-state index contributed by atoms with van der Waals surface area (Å²) in [6, 6.07) is 13.0. The molecule has 1 aliphatic rings. The minimum absolute atomic E-state index is 0.0117. The third-order valence-corrected chi connectivity index (χ3v) is 6.51. The highest BCUT2D eigenvalue weighted by Crippen LogP contribution is 2.34. The molecule has 0 radical (unpaired) electrons. The zero-order chi connectivity index (χ0) is 23.0. The predicted octanol–water partition coefficient (Wildman–Crippen LogP) is 5.01. The number of amides is 1. The van der Waals surface area contributed by atoms with Gasteiger partial charge in [-0.25, -0.2) is 0 Å². The van der Waals surface area contributed by atoms with Crippen LogP contribution in [0.5, 0.6) is 11.6 Å². The number of ether oxygens (including phenoxy) is 1. The van der Waals surface area contributed by atoms with Crippen LogP contribution in [0.1, 0.15) is 38.8 Å². The minimum Gasteiger partial charge on any atom is -0.438 e. The highest BCUT2D eigenvalue weighted by molar-refractivity contribution is 8.26. The van der Waals surface area contributed by atoms with Gasteiger partial charge in [-0.05, 0) is 48.2 Å². The summed E-state index contributed by atoms with van der Waals surface area (Å²) in [6.45, 7) is 8.74. The number of benzene rings is 1. The number of pyridine rings is 1. The number of aromatic nitrogens is 2. The summed E-state index contributed by atoms with van der Waals surface area (Å²) in [5.74, 6) is 0.480. The van der Waals surface area contributed by atoms with E-state index in [1.54, 1.807) is 24.4 Å². The van der Waals surface area contributed by atoms with Gasteiger partial charge < -0.3 is 4.74 Å². The lowest BCUT2D eigenvalue weighted by Gasteiger charge is -2.19. The van der Waals surface area contributed by atoms with Crippen LogP contribution >= 0.6 is 24.0 Å². The lowest BCUT2D eigenvalue weighted by atomic mass is 9.87. The average Bonchev–Trinajstić information content (AvgIpc) is 3.03. The van der Waals surface area contributed by atoms with Gasteiger partial charge in [0.25, 0.3) is 11.5 Å². The molecule has 0 atom stereocenters. The van der Waals surface area contributed by atoms with E-state index in [9.17, 15) is 9.59 Å². The van der Waals surface area contributed by atoms with Crippen molar-refractivity contribution in [3.63, 3.8) is 0 Å². The zero-order valence-corrected chi connectivity index (χ0v) is 19.9. The maximum Gasteiger partial charge on any atom is 0.269 e. The molecular formula is C24H23N3O3S2. The Morgan fingerprint density at radius 1 is 1.12 bits per heavy atom. The number of nitrogens with zero attached hydrogens (tertiary/aromatic N) is 3. The van der Waals surface area contributed by atoms with Crippen LogP contribution in [0.15, 0.2) is 58.4 Å². The van der Waals surface area contributed by atoms with Crippen molar-refractivity contribution in [3.05, 3.63) is 75.0 Å². The Bertz CT molecular complexity index is 1300. The minimum atomic E-state index is -0.321. The molecule has 8 heteroatoms. The standard InChI is InChI=1S/C24H23N3O3S2/c1-5-26-22(29)18(32-23(26)31)14-17-20(25-19-8-6-7-13-27(19)21(17)28)30-16-11-9-15(10-12-16)24(2,3)4/h6-14H,5H2,1-4H3/b18-14-. The first-order chi connectivity index (χ1) is 15.2. The molecule has 32 heavy (non-hydrogen) atoms. The molecule has 2 aromatic heterocycles. The van der Waals surface area contributed by atoms with Crippen LogP contribution in [0.3, 0.4) is 0 Å². The van der Waals surface area contributed by atoms with Crippen molar-refractivity contribution in [2.24, 2.45) is 0 Å². The van der Waals surface area contributed by atoms with Crippen LogP contribution in [-0.2, 0) is 10.2 Å². The van der Waals surface area contributed by atoms with Gasteiger partial charge in [0.15, 0.2) is 0 Å². The Hall–Kier alpha value is -2.97. The lowest BCUT2D eigenvalue weighted by molar-refractivity contribution is -0.121. The third kappa shape index (κ3) is 4.20. The van der Waals surface area contributed by atoms with E-state index in [2.05, 4.69) is 25.8 Å². The Labute approximate surface area is 195 Å². The number of carbonyl (C=O) groups excluding carboxylic acids is 1. The summed E-state index contributed by atoms with van der Waals surface area (Å²) in [7, 11) is 0. The summed E-state index contributed by atoms with van der Waals surface area (Å²) in [4.78, 5) is 32.4. The van der Waals surface area contributed by atoms with E-state index in [1.165, 1.54) is 32.7 Å². The van der Waals surface area contributed by atoms with Gasteiger partial charge in [0, 0.05) is 12.7 Å². The molecule has 1 aliphatic heterocycles. The monoisotopic (exact) mass is 465 g/mol. The van der Waals surface area contributed by atoms with E-state index in [0.29, 0.717) is 27.2 Å². The van der Waals surface area contributed by atoms with E-state index >= 15 is 0 Å². The van der Waals surface area contributed by atoms with Gasteiger partial charge in [-0.15, -0.1) is 0 Å². The van der Waals surface area contributed by atoms with Gasteiger partial charge in [-0.1, -0.05) is 63.0 Å². The van der Waals surface area contributed by atoms with E-state index in [0.717, 1.165) is 0 Å². The molecular weight excluding hydrogens is 442 g/mol. The highest BCUT2D eigenvalue weighted by Gasteiger charge is 2.31. The summed E-state index contributed by atoms with van der Waals surface area (Å²) in [5, 5.41) is 0.